The van der Waals surface area contributed by atoms with Crippen LogP contribution in [0.15, 0.2) is 4.99 Å². The van der Waals surface area contributed by atoms with Crippen LogP contribution >= 0.6 is 0 Å². The number of aryl methyl sites for hydroxylation is 1. The Morgan fingerprint density at radius 1 is 1.39 bits per heavy atom. The number of imidazole rings is 1. The molecule has 3 heterocycles. The van der Waals surface area contributed by atoms with E-state index < -0.39 is 18.2 Å². The molecule has 3 atom stereocenters. The molecule has 0 saturated heterocycles. The van der Waals surface area contributed by atoms with Crippen molar-refractivity contribution in [3.05, 3.63) is 11.4 Å². The molecule has 0 aliphatic carbocycles. The van der Waals surface area contributed by atoms with Crippen LogP contribution in [0.25, 0.3) is 0 Å². The van der Waals surface area contributed by atoms with Crippen LogP contribution in [0.2, 0.25) is 0 Å². The molecule has 11 heteroatoms. The molecule has 0 spiro atoms. The highest BCUT2D eigenvalue weighted by atomic mass is 16.5. The van der Waals surface area contributed by atoms with Crippen molar-refractivity contribution in [1.82, 2.24) is 19.8 Å². The topological polar surface area (TPSA) is 118 Å². The first kappa shape index (κ1) is 22.6. The maximum absolute atomic E-state index is 13.4. The fourth-order valence-electron chi connectivity index (χ4n) is 4.05. The lowest BCUT2D eigenvalue weighted by Gasteiger charge is -2.44. The molecule has 11 nitrogen and oxygen atoms in total. The van der Waals surface area contributed by atoms with Crippen LogP contribution in [0.3, 0.4) is 0 Å². The Balaban J connectivity index is 1.86. The summed E-state index contributed by atoms with van der Waals surface area (Å²) >= 11 is 0. The summed E-state index contributed by atoms with van der Waals surface area (Å²) in [6.45, 7) is 8.42. The van der Waals surface area contributed by atoms with Crippen molar-refractivity contribution in [3.8, 4) is 0 Å². The second kappa shape index (κ2) is 8.56. The van der Waals surface area contributed by atoms with Crippen molar-refractivity contribution < 1.29 is 23.9 Å². The Morgan fingerprint density at radius 3 is 2.71 bits per heavy atom. The predicted molar refractivity (Wildman–Crippen MR) is 113 cm³/mol. The number of amides is 1. The highest BCUT2D eigenvalue weighted by molar-refractivity contribution is 5.93. The minimum absolute atomic E-state index is 0.00201. The average Bonchev–Trinajstić information content (AvgIpc) is 3.30. The van der Waals surface area contributed by atoms with E-state index in [1.54, 1.807) is 10.9 Å². The van der Waals surface area contributed by atoms with Crippen LogP contribution in [-0.4, -0.2) is 83.8 Å². The molecule has 3 unspecified atom stereocenters. The van der Waals surface area contributed by atoms with Crippen LogP contribution in [0, 0.1) is 6.92 Å². The lowest BCUT2D eigenvalue weighted by molar-refractivity contribution is -0.129. The number of fused-ring (bicyclic) bond motifs is 2. The lowest BCUT2D eigenvalue weighted by atomic mass is 10.0. The van der Waals surface area contributed by atoms with Crippen molar-refractivity contribution in [1.29, 1.82) is 0 Å². The van der Waals surface area contributed by atoms with Gasteiger partial charge in [-0.15, -0.1) is 0 Å². The molecule has 2 aliphatic heterocycles. The Hall–Kier alpha value is -3.11. The van der Waals surface area contributed by atoms with E-state index in [0.29, 0.717) is 25.3 Å². The van der Waals surface area contributed by atoms with Gasteiger partial charge in [-0.25, -0.2) is 9.78 Å². The van der Waals surface area contributed by atoms with Gasteiger partial charge in [0.2, 0.25) is 5.95 Å². The van der Waals surface area contributed by atoms with E-state index in [-0.39, 0.29) is 24.2 Å². The van der Waals surface area contributed by atoms with E-state index in [9.17, 15) is 14.4 Å². The number of rotatable bonds is 7. The van der Waals surface area contributed by atoms with Crippen LogP contribution in [0.5, 0.6) is 0 Å². The van der Waals surface area contributed by atoms with Crippen LogP contribution in [0.4, 0.5) is 10.7 Å². The first-order chi connectivity index (χ1) is 14.6. The number of hydrogen-bond donors (Lipinski definition) is 1. The Bertz CT molecular complexity index is 889. The highest BCUT2D eigenvalue weighted by Gasteiger charge is 2.49. The third-order valence-electron chi connectivity index (χ3n) is 5.64. The first-order valence-corrected chi connectivity index (χ1v) is 10.2. The molecular formula is C20H30N6O5. The Morgan fingerprint density at radius 2 is 2.10 bits per heavy atom. The number of alkyl carbamates (subject to hydrolysis) is 1. The first-order valence-electron chi connectivity index (χ1n) is 10.2. The smallest absolute Gasteiger partial charge is 0.407 e. The molecule has 1 aromatic heterocycles. The van der Waals surface area contributed by atoms with Crippen molar-refractivity contribution in [3.63, 3.8) is 0 Å². The van der Waals surface area contributed by atoms with Gasteiger partial charge in [0.15, 0.2) is 6.04 Å². The number of carbonyl (C=O) groups excluding carboxylic acids is 3. The molecule has 0 saturated carbocycles. The zero-order valence-electron chi connectivity index (χ0n) is 18.8. The number of aromatic nitrogens is 2. The number of methoxy groups -OCH3 is 1. The van der Waals surface area contributed by atoms with E-state index in [0.717, 1.165) is 11.4 Å². The summed E-state index contributed by atoms with van der Waals surface area (Å²) in [6.07, 6.45) is 1.77. The number of hydrogen-bond acceptors (Lipinski definition) is 9. The minimum atomic E-state index is -0.618. The van der Waals surface area contributed by atoms with Gasteiger partial charge < -0.3 is 24.6 Å². The van der Waals surface area contributed by atoms with Crippen LogP contribution < -0.4 is 10.2 Å². The second-order valence-electron chi connectivity index (χ2n) is 8.73. The van der Waals surface area contributed by atoms with E-state index in [1.165, 1.54) is 7.11 Å². The standard InChI is InChI=1S/C20H30N6O5/c1-12-14(8-7-13(9-31-11-27)23-19(29)30-6)26-17(28)15-16(24(5)18(26)22-12)25(10-21-15)20(2,3)4/h10-11,13,15-16H,7-9H2,1-6H3,(H,23,29). The Labute approximate surface area is 181 Å². The molecule has 0 radical (unpaired) electrons. The van der Waals surface area contributed by atoms with Crippen molar-refractivity contribution >= 4 is 30.8 Å². The fourth-order valence-corrected chi connectivity index (χ4v) is 4.05. The lowest BCUT2D eigenvalue weighted by Crippen LogP contribution is -2.60. The van der Waals surface area contributed by atoms with Crippen molar-refractivity contribution in [2.45, 2.75) is 64.3 Å². The molecule has 0 aromatic carbocycles. The van der Waals surface area contributed by atoms with Crippen molar-refractivity contribution in [2.75, 3.05) is 25.7 Å². The third kappa shape index (κ3) is 4.21. The Kier molecular flexibility index (Phi) is 6.23. The van der Waals surface area contributed by atoms with Gasteiger partial charge in [-0.2, -0.15) is 0 Å². The second-order valence-corrected chi connectivity index (χ2v) is 8.73. The maximum Gasteiger partial charge on any atom is 0.407 e. The molecule has 1 aromatic rings. The normalized spacial score (nSPS) is 20.9. The van der Waals surface area contributed by atoms with Gasteiger partial charge in [0, 0.05) is 12.6 Å². The molecular weight excluding hydrogens is 404 g/mol. The van der Waals surface area contributed by atoms with Crippen LogP contribution in [-0.2, 0) is 20.7 Å². The van der Waals surface area contributed by atoms with Gasteiger partial charge in [0.1, 0.15) is 12.8 Å². The number of nitrogens with zero attached hydrogens (tertiary/aromatic N) is 5. The minimum Gasteiger partial charge on any atom is -0.466 e. The van der Waals surface area contributed by atoms with Gasteiger partial charge >= 0.3 is 6.09 Å². The van der Waals surface area contributed by atoms with Gasteiger partial charge in [-0.1, -0.05) is 0 Å². The summed E-state index contributed by atoms with van der Waals surface area (Å²) in [4.78, 5) is 48.8. The molecule has 170 valence electrons. The van der Waals surface area contributed by atoms with E-state index >= 15 is 0 Å². The van der Waals surface area contributed by atoms with E-state index in [4.69, 9.17) is 4.74 Å². The largest absolute Gasteiger partial charge is 0.466 e. The molecule has 1 amide bonds. The van der Waals surface area contributed by atoms with Crippen LogP contribution in [0.1, 0.15) is 43.4 Å². The average molecular weight is 434 g/mol. The maximum atomic E-state index is 13.4. The zero-order valence-corrected chi connectivity index (χ0v) is 18.8. The zero-order chi connectivity index (χ0) is 22.9. The molecule has 0 bridgehead atoms. The number of nitrogens with one attached hydrogen (secondary N) is 1. The SMILES string of the molecule is COC(=O)NC(CCc1c(C)nc2n1C(=O)C1N=CN(C(C)(C)C)C1N2C)COC=O. The number of likely N-dealkylation sites (N-methyl/N-ethyl adjacent to an activating group) is 1. The monoisotopic (exact) mass is 434 g/mol. The summed E-state index contributed by atoms with van der Waals surface area (Å²) in [5.41, 5.74) is 1.28. The third-order valence-corrected chi connectivity index (χ3v) is 5.64. The number of anilines is 1. The summed E-state index contributed by atoms with van der Waals surface area (Å²) < 4.78 is 11.1. The summed E-state index contributed by atoms with van der Waals surface area (Å²) in [6, 6.07) is -1.01. The quantitative estimate of drug-likeness (QED) is 0.630. The summed E-state index contributed by atoms with van der Waals surface area (Å²) in [5.74, 6) is 0.443. The molecule has 3 rings (SSSR count). The number of carbonyl (C=O) groups is 3. The van der Waals surface area contributed by atoms with Gasteiger partial charge in [0.05, 0.1) is 30.9 Å². The van der Waals surface area contributed by atoms with Crippen molar-refractivity contribution in [2.24, 2.45) is 4.99 Å². The van der Waals surface area contributed by atoms with Gasteiger partial charge in [-0.3, -0.25) is 19.1 Å². The number of ether oxygens (including phenoxy) is 2. The molecule has 0 fully saturated rings. The molecule has 31 heavy (non-hydrogen) atoms. The van der Waals surface area contributed by atoms with E-state index in [1.807, 2.05) is 18.9 Å². The molecule has 1 N–H and O–H groups in total. The highest BCUT2D eigenvalue weighted by Crippen LogP contribution is 2.35. The summed E-state index contributed by atoms with van der Waals surface area (Å²) in [7, 11) is 3.18. The summed E-state index contributed by atoms with van der Waals surface area (Å²) in [5, 5.41) is 2.64. The van der Waals surface area contributed by atoms with Gasteiger partial charge in [0.25, 0.3) is 12.4 Å². The van der Waals surface area contributed by atoms with E-state index in [2.05, 4.69) is 45.7 Å². The number of aliphatic imine (C=N–C) groups is 1. The predicted octanol–water partition coefficient (Wildman–Crippen LogP) is 0.949. The van der Waals surface area contributed by atoms with Gasteiger partial charge in [-0.05, 0) is 40.5 Å². The fraction of sp³-hybridized carbons (Fsp3) is 0.650. The molecule has 2 aliphatic rings.